The number of hydrogen-bond donors (Lipinski definition) is 0. The Balaban J connectivity index is 2.92. The fraction of sp³-hybridized carbons (Fsp3) is 0.222. The molecule has 0 bridgehead atoms. The highest BCUT2D eigenvalue weighted by atomic mass is 79.9. The smallest absolute Gasteiger partial charge is 0.235 e. The van der Waals surface area contributed by atoms with Gasteiger partial charge in [-0.3, -0.25) is 0 Å². The van der Waals surface area contributed by atoms with E-state index in [0.29, 0.717) is 6.54 Å². The van der Waals surface area contributed by atoms with Gasteiger partial charge in [-0.25, -0.2) is 9.79 Å². The molecule has 0 radical (unpaired) electrons. The first-order valence-corrected chi connectivity index (χ1v) is 4.43. The zero-order valence-corrected chi connectivity index (χ0v) is 8.67. The first kappa shape index (κ1) is 9.96. The van der Waals surface area contributed by atoms with E-state index in [-0.39, 0.29) is 0 Å². The van der Waals surface area contributed by atoms with Crippen molar-refractivity contribution in [2.75, 3.05) is 7.11 Å². The molecule has 0 aromatic heterocycles. The molecule has 0 aliphatic carbocycles. The third-order valence-electron chi connectivity index (χ3n) is 1.54. The average Bonchev–Trinajstić information content (AvgIpc) is 2.16. The Labute approximate surface area is 84.6 Å². The van der Waals surface area contributed by atoms with E-state index >= 15 is 0 Å². The third-order valence-corrected chi connectivity index (χ3v) is 2.20. The van der Waals surface area contributed by atoms with Crippen LogP contribution in [-0.2, 0) is 11.3 Å². The van der Waals surface area contributed by atoms with Gasteiger partial charge in [0.05, 0.1) is 18.1 Å². The third kappa shape index (κ3) is 2.68. The molecule has 13 heavy (non-hydrogen) atoms. The maximum absolute atomic E-state index is 9.87. The van der Waals surface area contributed by atoms with Crippen molar-refractivity contribution < 1.29 is 9.53 Å². The fourth-order valence-electron chi connectivity index (χ4n) is 0.926. The quantitative estimate of drug-likeness (QED) is 0.602. The van der Waals surface area contributed by atoms with Crippen molar-refractivity contribution in [3.63, 3.8) is 0 Å². The molecule has 0 aliphatic heterocycles. The van der Waals surface area contributed by atoms with Crippen molar-refractivity contribution in [3.8, 4) is 5.75 Å². The standard InChI is InChI=1S/C9H8BrNO2/c1-13-9-4-7(5-11-6-12)2-3-8(9)10/h2-4H,5H2,1H3. The Morgan fingerprint density at radius 2 is 2.38 bits per heavy atom. The summed E-state index contributed by atoms with van der Waals surface area (Å²) in [6.07, 6.45) is 1.49. The summed E-state index contributed by atoms with van der Waals surface area (Å²) < 4.78 is 5.96. The molecule has 1 aromatic carbocycles. The van der Waals surface area contributed by atoms with Crippen molar-refractivity contribution in [2.24, 2.45) is 4.99 Å². The van der Waals surface area contributed by atoms with Crippen molar-refractivity contribution in [2.45, 2.75) is 6.54 Å². The number of carbonyl (C=O) groups excluding carboxylic acids is 1. The minimum Gasteiger partial charge on any atom is -0.496 e. The number of halogens is 1. The van der Waals surface area contributed by atoms with Gasteiger partial charge >= 0.3 is 0 Å². The van der Waals surface area contributed by atoms with Crippen LogP contribution in [0.15, 0.2) is 27.7 Å². The van der Waals surface area contributed by atoms with Gasteiger partial charge in [0.2, 0.25) is 6.08 Å². The minimum absolute atomic E-state index is 0.340. The molecule has 68 valence electrons. The number of benzene rings is 1. The molecule has 0 saturated heterocycles. The summed E-state index contributed by atoms with van der Waals surface area (Å²) in [6, 6.07) is 5.55. The predicted octanol–water partition coefficient (Wildman–Crippen LogP) is 2.29. The summed E-state index contributed by atoms with van der Waals surface area (Å²) in [4.78, 5) is 13.3. The Morgan fingerprint density at radius 1 is 1.62 bits per heavy atom. The molecular weight excluding hydrogens is 234 g/mol. The number of rotatable bonds is 3. The van der Waals surface area contributed by atoms with E-state index in [2.05, 4.69) is 20.9 Å². The Morgan fingerprint density at radius 3 is 3.00 bits per heavy atom. The van der Waals surface area contributed by atoms with Crippen LogP contribution in [0.2, 0.25) is 0 Å². The van der Waals surface area contributed by atoms with Crippen LogP contribution in [0.3, 0.4) is 0 Å². The maximum atomic E-state index is 9.87. The van der Waals surface area contributed by atoms with E-state index in [1.165, 1.54) is 6.08 Å². The van der Waals surface area contributed by atoms with Crippen molar-refractivity contribution >= 4 is 22.0 Å². The summed E-state index contributed by atoms with van der Waals surface area (Å²) in [5.41, 5.74) is 0.920. The van der Waals surface area contributed by atoms with Gasteiger partial charge < -0.3 is 4.74 Å². The van der Waals surface area contributed by atoms with Crippen LogP contribution in [0.4, 0.5) is 0 Å². The fourth-order valence-corrected chi connectivity index (χ4v) is 1.33. The van der Waals surface area contributed by atoms with Gasteiger partial charge in [-0.1, -0.05) is 6.07 Å². The largest absolute Gasteiger partial charge is 0.496 e. The number of methoxy groups -OCH3 is 1. The molecule has 0 N–H and O–H groups in total. The summed E-state index contributed by atoms with van der Waals surface area (Å²) >= 11 is 3.33. The van der Waals surface area contributed by atoms with Crippen LogP contribution in [-0.4, -0.2) is 13.2 Å². The second kappa shape index (κ2) is 4.80. The molecular formula is C9H8BrNO2. The number of nitrogens with zero attached hydrogens (tertiary/aromatic N) is 1. The molecule has 0 aliphatic rings. The van der Waals surface area contributed by atoms with Crippen LogP contribution in [0, 0.1) is 0 Å². The van der Waals surface area contributed by atoms with Gasteiger partial charge in [0.1, 0.15) is 5.75 Å². The SMILES string of the molecule is COc1cc(CN=C=O)ccc1Br. The number of aliphatic imine (C=N–C) groups is 1. The zero-order chi connectivity index (χ0) is 9.68. The van der Waals surface area contributed by atoms with E-state index in [1.807, 2.05) is 18.2 Å². The molecule has 1 aromatic rings. The number of hydrogen-bond acceptors (Lipinski definition) is 3. The highest BCUT2D eigenvalue weighted by Gasteiger charge is 2.00. The van der Waals surface area contributed by atoms with Crippen LogP contribution in [0.5, 0.6) is 5.75 Å². The van der Waals surface area contributed by atoms with E-state index < -0.39 is 0 Å². The molecule has 0 fully saturated rings. The van der Waals surface area contributed by atoms with E-state index in [0.717, 1.165) is 15.8 Å². The van der Waals surface area contributed by atoms with Gasteiger partial charge in [0.15, 0.2) is 0 Å². The maximum Gasteiger partial charge on any atom is 0.235 e. The van der Waals surface area contributed by atoms with E-state index in [1.54, 1.807) is 7.11 Å². The molecule has 3 nitrogen and oxygen atoms in total. The first-order chi connectivity index (χ1) is 6.27. The monoisotopic (exact) mass is 241 g/mol. The van der Waals surface area contributed by atoms with Gasteiger partial charge in [0, 0.05) is 0 Å². The van der Waals surface area contributed by atoms with Crippen LogP contribution in [0.25, 0.3) is 0 Å². The Bertz CT molecular complexity index is 345. The van der Waals surface area contributed by atoms with Crippen molar-refractivity contribution in [3.05, 3.63) is 28.2 Å². The van der Waals surface area contributed by atoms with Gasteiger partial charge in [-0.2, -0.15) is 0 Å². The first-order valence-electron chi connectivity index (χ1n) is 3.64. The summed E-state index contributed by atoms with van der Waals surface area (Å²) in [7, 11) is 1.59. The second-order valence-electron chi connectivity index (χ2n) is 2.38. The predicted molar refractivity (Wildman–Crippen MR) is 52.5 cm³/mol. The normalized spacial score (nSPS) is 9.08. The summed E-state index contributed by atoms with van der Waals surface area (Å²) in [6.45, 7) is 0.340. The molecule has 0 spiro atoms. The highest BCUT2D eigenvalue weighted by Crippen LogP contribution is 2.25. The lowest BCUT2D eigenvalue weighted by Gasteiger charge is -2.03. The van der Waals surface area contributed by atoms with Crippen LogP contribution >= 0.6 is 15.9 Å². The van der Waals surface area contributed by atoms with E-state index in [4.69, 9.17) is 4.74 Å². The van der Waals surface area contributed by atoms with Crippen molar-refractivity contribution in [1.29, 1.82) is 0 Å². The van der Waals surface area contributed by atoms with Gasteiger partial charge in [0.25, 0.3) is 0 Å². The average molecular weight is 242 g/mol. The lowest BCUT2D eigenvalue weighted by Crippen LogP contribution is -1.87. The molecule has 0 heterocycles. The van der Waals surface area contributed by atoms with E-state index in [9.17, 15) is 4.79 Å². The highest BCUT2D eigenvalue weighted by molar-refractivity contribution is 9.10. The lowest BCUT2D eigenvalue weighted by atomic mass is 10.2. The van der Waals surface area contributed by atoms with Crippen LogP contribution in [0.1, 0.15) is 5.56 Å². The zero-order valence-electron chi connectivity index (χ0n) is 7.08. The molecule has 0 unspecified atom stereocenters. The molecule has 0 amide bonds. The molecule has 1 rings (SSSR count). The topological polar surface area (TPSA) is 38.7 Å². The summed E-state index contributed by atoms with van der Waals surface area (Å²) in [5, 5.41) is 0. The summed E-state index contributed by atoms with van der Waals surface area (Å²) in [5.74, 6) is 0.735. The van der Waals surface area contributed by atoms with Gasteiger partial charge in [-0.15, -0.1) is 0 Å². The van der Waals surface area contributed by atoms with Crippen LogP contribution < -0.4 is 4.74 Å². The van der Waals surface area contributed by atoms with Gasteiger partial charge in [-0.05, 0) is 33.6 Å². The molecule has 0 atom stereocenters. The minimum atomic E-state index is 0.340. The van der Waals surface area contributed by atoms with Crippen molar-refractivity contribution in [1.82, 2.24) is 0 Å². The Hall–Kier alpha value is -1.12. The number of isocyanates is 1. The molecule has 0 saturated carbocycles. The Kier molecular flexibility index (Phi) is 3.68. The number of ether oxygens (including phenoxy) is 1. The molecule has 4 heteroatoms. The second-order valence-corrected chi connectivity index (χ2v) is 3.23. The lowest BCUT2D eigenvalue weighted by molar-refractivity contribution is 0.411.